The minimum absolute atomic E-state index is 0.0189. The molecule has 1 fully saturated rings. The van der Waals surface area contributed by atoms with Crippen LogP contribution in [0.1, 0.15) is 25.0 Å². The van der Waals surface area contributed by atoms with Crippen molar-refractivity contribution in [1.82, 2.24) is 5.32 Å². The van der Waals surface area contributed by atoms with Crippen molar-refractivity contribution in [1.29, 1.82) is 0 Å². The molecule has 5 nitrogen and oxygen atoms in total. The average Bonchev–Trinajstić information content (AvgIpc) is 2.34. The lowest BCUT2D eigenvalue weighted by Gasteiger charge is -2.42. The highest BCUT2D eigenvalue weighted by Crippen LogP contribution is 2.28. The quantitative estimate of drug-likeness (QED) is 0.771. The zero-order chi connectivity index (χ0) is 14.2. The van der Waals surface area contributed by atoms with E-state index in [0.29, 0.717) is 0 Å². The van der Waals surface area contributed by atoms with Crippen LogP contribution in [-0.2, 0) is 16.2 Å². The molecule has 0 spiro atoms. The molecule has 0 radical (unpaired) electrons. The van der Waals surface area contributed by atoms with Gasteiger partial charge in [-0.25, -0.2) is 0 Å². The first-order chi connectivity index (χ1) is 8.86. The van der Waals surface area contributed by atoms with E-state index in [2.05, 4.69) is 5.32 Å². The van der Waals surface area contributed by atoms with E-state index in [0.717, 1.165) is 16.8 Å². The molecule has 1 aliphatic heterocycles. The number of hydrogen-bond donors (Lipinski definition) is 2. The number of rotatable bonds is 2. The highest BCUT2D eigenvalue weighted by Gasteiger charge is 2.40. The Kier molecular flexibility index (Phi) is 3.32. The Balaban J connectivity index is 2.41. The summed E-state index contributed by atoms with van der Waals surface area (Å²) in [6.45, 7) is 5.59. The van der Waals surface area contributed by atoms with Gasteiger partial charge in [0, 0.05) is 5.69 Å². The maximum atomic E-state index is 11.9. The molecule has 0 atom stereocenters. The summed E-state index contributed by atoms with van der Waals surface area (Å²) in [6, 6.07) is 5.53. The average molecular weight is 262 g/mol. The van der Waals surface area contributed by atoms with Gasteiger partial charge in [-0.2, -0.15) is 0 Å². The van der Waals surface area contributed by atoms with Crippen LogP contribution < -0.4 is 10.2 Å². The van der Waals surface area contributed by atoms with Gasteiger partial charge in [0.25, 0.3) is 5.91 Å². The fraction of sp³-hybridized carbons (Fsp3) is 0.429. The third kappa shape index (κ3) is 2.33. The summed E-state index contributed by atoms with van der Waals surface area (Å²) >= 11 is 0. The number of aliphatic hydroxyl groups is 1. The number of aliphatic hydroxyl groups excluding tert-OH is 1. The Morgan fingerprint density at radius 1 is 1.37 bits per heavy atom. The predicted octanol–water partition coefficient (Wildman–Crippen LogP) is 0.729. The predicted molar refractivity (Wildman–Crippen MR) is 71.7 cm³/mol. The third-order valence-corrected chi connectivity index (χ3v) is 3.59. The maximum Gasteiger partial charge on any atom is 0.251 e. The van der Waals surface area contributed by atoms with Gasteiger partial charge in [0.15, 0.2) is 0 Å². The number of carbonyl (C=O) groups excluding carboxylic acids is 2. The molecule has 1 saturated heterocycles. The number of benzene rings is 1. The van der Waals surface area contributed by atoms with Crippen molar-refractivity contribution >= 4 is 17.5 Å². The molecular weight excluding hydrogens is 244 g/mol. The van der Waals surface area contributed by atoms with Crippen LogP contribution in [0.2, 0.25) is 0 Å². The molecule has 2 rings (SSSR count). The normalized spacial score (nSPS) is 18.4. The van der Waals surface area contributed by atoms with E-state index in [4.69, 9.17) is 0 Å². The Bertz CT molecular complexity index is 537. The zero-order valence-electron chi connectivity index (χ0n) is 11.4. The molecule has 0 bridgehead atoms. The lowest BCUT2D eigenvalue weighted by Crippen LogP contribution is -2.64. The number of anilines is 1. The summed E-state index contributed by atoms with van der Waals surface area (Å²) in [5.41, 5.74) is 1.81. The first-order valence-electron chi connectivity index (χ1n) is 6.18. The van der Waals surface area contributed by atoms with Crippen molar-refractivity contribution in [3.63, 3.8) is 0 Å². The van der Waals surface area contributed by atoms with Crippen LogP contribution in [0, 0.1) is 6.92 Å². The van der Waals surface area contributed by atoms with E-state index in [1.807, 2.05) is 25.1 Å². The number of hydrogen-bond acceptors (Lipinski definition) is 4. The lowest BCUT2D eigenvalue weighted by atomic mass is 9.96. The Labute approximate surface area is 112 Å². The molecule has 1 heterocycles. The van der Waals surface area contributed by atoms with Crippen molar-refractivity contribution in [2.45, 2.75) is 32.9 Å². The second-order valence-electron chi connectivity index (χ2n) is 5.29. The van der Waals surface area contributed by atoms with E-state index < -0.39 is 5.54 Å². The fourth-order valence-corrected chi connectivity index (χ4v) is 2.22. The second kappa shape index (κ2) is 4.66. The summed E-state index contributed by atoms with van der Waals surface area (Å²) in [5, 5.41) is 11.5. The number of piperazine rings is 1. The molecule has 5 heteroatoms. The molecule has 2 N–H and O–H groups in total. The Hall–Kier alpha value is -1.88. The smallest absolute Gasteiger partial charge is 0.251 e. The van der Waals surface area contributed by atoms with Crippen molar-refractivity contribution in [3.8, 4) is 0 Å². The Morgan fingerprint density at radius 2 is 2.05 bits per heavy atom. The number of nitrogens with zero attached hydrogens (tertiary/aromatic N) is 1. The zero-order valence-corrected chi connectivity index (χ0v) is 11.4. The first-order valence-corrected chi connectivity index (χ1v) is 6.18. The van der Waals surface area contributed by atoms with E-state index in [1.165, 1.54) is 0 Å². The summed E-state index contributed by atoms with van der Waals surface area (Å²) in [6.07, 6.45) is 0. The van der Waals surface area contributed by atoms with E-state index >= 15 is 0 Å². The molecule has 0 aromatic heterocycles. The fourth-order valence-electron chi connectivity index (χ4n) is 2.22. The van der Waals surface area contributed by atoms with Gasteiger partial charge in [-0.05, 0) is 44.0 Å². The van der Waals surface area contributed by atoms with Gasteiger partial charge >= 0.3 is 0 Å². The third-order valence-electron chi connectivity index (χ3n) is 3.59. The molecule has 102 valence electrons. The monoisotopic (exact) mass is 262 g/mol. The summed E-state index contributed by atoms with van der Waals surface area (Å²) in [7, 11) is 0. The number of amides is 2. The molecule has 1 aliphatic rings. The van der Waals surface area contributed by atoms with Gasteiger partial charge in [-0.15, -0.1) is 0 Å². The summed E-state index contributed by atoms with van der Waals surface area (Å²) in [5.74, 6) is -0.596. The number of aryl methyl sites for hydroxylation is 1. The van der Waals surface area contributed by atoms with Gasteiger partial charge in [0.2, 0.25) is 5.91 Å². The van der Waals surface area contributed by atoms with Crippen LogP contribution in [0.15, 0.2) is 18.2 Å². The number of imide groups is 1. The van der Waals surface area contributed by atoms with E-state index in [-0.39, 0.29) is 25.0 Å². The lowest BCUT2D eigenvalue weighted by molar-refractivity contribution is -0.135. The van der Waals surface area contributed by atoms with Crippen molar-refractivity contribution in [3.05, 3.63) is 29.3 Å². The maximum absolute atomic E-state index is 11.9. The highest BCUT2D eigenvalue weighted by molar-refractivity contribution is 6.06. The molecule has 19 heavy (non-hydrogen) atoms. The van der Waals surface area contributed by atoms with Crippen LogP contribution >= 0.6 is 0 Å². The van der Waals surface area contributed by atoms with Gasteiger partial charge in [0.05, 0.1) is 13.2 Å². The summed E-state index contributed by atoms with van der Waals surface area (Å²) in [4.78, 5) is 25.2. The van der Waals surface area contributed by atoms with Gasteiger partial charge in [-0.3, -0.25) is 14.9 Å². The van der Waals surface area contributed by atoms with Crippen LogP contribution in [0.3, 0.4) is 0 Å². The minimum atomic E-state index is -0.777. The van der Waals surface area contributed by atoms with Gasteiger partial charge in [-0.1, -0.05) is 6.07 Å². The molecule has 0 unspecified atom stereocenters. The van der Waals surface area contributed by atoms with Gasteiger partial charge in [0.1, 0.15) is 5.54 Å². The van der Waals surface area contributed by atoms with Crippen molar-refractivity contribution < 1.29 is 14.7 Å². The van der Waals surface area contributed by atoms with E-state index in [9.17, 15) is 14.7 Å². The Morgan fingerprint density at radius 3 is 2.63 bits per heavy atom. The second-order valence-corrected chi connectivity index (χ2v) is 5.29. The standard InChI is InChI=1S/C14H18N2O3/c1-9-6-11(5-4-10(9)8-17)16-7-12(18)15-13(19)14(16,2)3/h4-6,17H,7-8H2,1-3H3,(H,15,18,19). The largest absolute Gasteiger partial charge is 0.392 e. The topological polar surface area (TPSA) is 69.6 Å². The molecule has 1 aromatic rings. The van der Waals surface area contributed by atoms with Crippen molar-refractivity contribution in [2.24, 2.45) is 0 Å². The minimum Gasteiger partial charge on any atom is -0.392 e. The molecule has 0 saturated carbocycles. The van der Waals surface area contributed by atoms with Crippen molar-refractivity contribution in [2.75, 3.05) is 11.4 Å². The first kappa shape index (κ1) is 13.5. The highest BCUT2D eigenvalue weighted by atomic mass is 16.3. The number of carbonyl (C=O) groups is 2. The van der Waals surface area contributed by atoms with Crippen LogP contribution in [0.5, 0.6) is 0 Å². The van der Waals surface area contributed by atoms with Crippen LogP contribution in [0.4, 0.5) is 5.69 Å². The molecule has 1 aromatic carbocycles. The SMILES string of the molecule is Cc1cc(N2CC(=O)NC(=O)C2(C)C)ccc1CO. The van der Waals surface area contributed by atoms with Gasteiger partial charge < -0.3 is 10.0 Å². The molecule has 2 amide bonds. The van der Waals surface area contributed by atoms with Crippen LogP contribution in [0.25, 0.3) is 0 Å². The van der Waals surface area contributed by atoms with E-state index in [1.54, 1.807) is 18.7 Å². The molecular formula is C14H18N2O3. The number of nitrogens with one attached hydrogen (secondary N) is 1. The van der Waals surface area contributed by atoms with Crippen LogP contribution in [-0.4, -0.2) is 29.0 Å². The summed E-state index contributed by atoms with van der Waals surface area (Å²) < 4.78 is 0. The molecule has 0 aliphatic carbocycles.